The van der Waals surface area contributed by atoms with Crippen LogP contribution < -0.4 is 10.1 Å². The highest BCUT2D eigenvalue weighted by molar-refractivity contribution is 6.31. The number of likely N-dealkylation sites (N-methyl/N-ethyl adjacent to an activating group) is 1. The van der Waals surface area contributed by atoms with Gasteiger partial charge in [0.05, 0.1) is 13.5 Å². The van der Waals surface area contributed by atoms with Crippen LogP contribution in [0, 0.1) is 5.82 Å². The monoisotopic (exact) mass is 406 g/mol. The van der Waals surface area contributed by atoms with Gasteiger partial charge in [0, 0.05) is 24.2 Å². The maximum Gasteiger partial charge on any atom is 0.242 e. The lowest BCUT2D eigenvalue weighted by Gasteiger charge is -2.30. The Kier molecular flexibility index (Phi) is 7.81. The number of methoxy groups -OCH3 is 1. The first-order valence-corrected chi connectivity index (χ1v) is 9.35. The number of amides is 2. The minimum Gasteiger partial charge on any atom is -0.497 e. The fourth-order valence-electron chi connectivity index (χ4n) is 2.97. The molecule has 1 N–H and O–H groups in total. The van der Waals surface area contributed by atoms with Crippen LogP contribution in [0.3, 0.4) is 0 Å². The zero-order valence-corrected chi connectivity index (χ0v) is 16.9. The van der Waals surface area contributed by atoms with Crippen molar-refractivity contribution in [3.63, 3.8) is 0 Å². The molecule has 0 aromatic heterocycles. The SMILES string of the molecule is CCC(C(=O)NC)N(Cc1ccc(OC)cc1)C(=O)Cc1c(F)cccc1Cl. The Morgan fingerprint density at radius 1 is 1.21 bits per heavy atom. The van der Waals surface area contributed by atoms with Crippen molar-refractivity contribution in [2.75, 3.05) is 14.2 Å². The summed E-state index contributed by atoms with van der Waals surface area (Å²) in [5.74, 6) is -0.501. The molecule has 2 aromatic rings. The highest BCUT2D eigenvalue weighted by Gasteiger charge is 2.29. The smallest absolute Gasteiger partial charge is 0.242 e. The molecule has 0 saturated carbocycles. The van der Waals surface area contributed by atoms with Gasteiger partial charge in [-0.05, 0) is 36.2 Å². The Balaban J connectivity index is 2.33. The normalized spacial score (nSPS) is 11.6. The Bertz CT molecular complexity index is 807. The number of rotatable bonds is 8. The molecular formula is C21H24ClFN2O3. The van der Waals surface area contributed by atoms with Crippen LogP contribution in [-0.4, -0.2) is 36.9 Å². The van der Waals surface area contributed by atoms with Crippen molar-refractivity contribution in [2.45, 2.75) is 32.4 Å². The van der Waals surface area contributed by atoms with E-state index in [4.69, 9.17) is 16.3 Å². The van der Waals surface area contributed by atoms with Crippen LogP contribution in [0.4, 0.5) is 4.39 Å². The van der Waals surface area contributed by atoms with E-state index in [9.17, 15) is 14.0 Å². The molecule has 0 aliphatic rings. The van der Waals surface area contributed by atoms with Crippen molar-refractivity contribution >= 4 is 23.4 Å². The predicted molar refractivity (Wildman–Crippen MR) is 107 cm³/mol. The second-order valence-corrected chi connectivity index (χ2v) is 6.69. The molecule has 0 spiro atoms. The fourth-order valence-corrected chi connectivity index (χ4v) is 3.20. The number of hydrogen-bond acceptors (Lipinski definition) is 3. The maximum atomic E-state index is 14.1. The average molecular weight is 407 g/mol. The van der Waals surface area contributed by atoms with Gasteiger partial charge in [-0.25, -0.2) is 4.39 Å². The fraction of sp³-hybridized carbons (Fsp3) is 0.333. The molecule has 1 atom stereocenters. The summed E-state index contributed by atoms with van der Waals surface area (Å²) in [4.78, 5) is 26.9. The van der Waals surface area contributed by atoms with E-state index in [1.807, 2.05) is 19.1 Å². The second-order valence-electron chi connectivity index (χ2n) is 6.29. The van der Waals surface area contributed by atoms with Crippen molar-refractivity contribution in [2.24, 2.45) is 0 Å². The highest BCUT2D eigenvalue weighted by Crippen LogP contribution is 2.22. The van der Waals surface area contributed by atoms with Crippen LogP contribution in [0.5, 0.6) is 5.75 Å². The molecule has 0 saturated heterocycles. The number of halogens is 2. The summed E-state index contributed by atoms with van der Waals surface area (Å²) in [5, 5.41) is 2.77. The quantitative estimate of drug-likeness (QED) is 0.728. The van der Waals surface area contributed by atoms with E-state index in [1.165, 1.54) is 30.1 Å². The third-order valence-corrected chi connectivity index (χ3v) is 4.89. The van der Waals surface area contributed by atoms with E-state index in [0.29, 0.717) is 12.2 Å². The van der Waals surface area contributed by atoms with Crippen molar-refractivity contribution in [1.29, 1.82) is 0 Å². The van der Waals surface area contributed by atoms with Gasteiger partial charge in [-0.1, -0.05) is 36.7 Å². The Labute approximate surface area is 169 Å². The molecule has 0 bridgehead atoms. The first-order valence-electron chi connectivity index (χ1n) is 8.98. The van der Waals surface area contributed by atoms with E-state index < -0.39 is 11.9 Å². The van der Waals surface area contributed by atoms with Crippen LogP contribution >= 0.6 is 11.6 Å². The topological polar surface area (TPSA) is 58.6 Å². The zero-order chi connectivity index (χ0) is 20.7. The summed E-state index contributed by atoms with van der Waals surface area (Å²) in [6.07, 6.45) is 0.196. The molecule has 0 heterocycles. The Morgan fingerprint density at radius 3 is 2.43 bits per heavy atom. The summed E-state index contributed by atoms with van der Waals surface area (Å²) in [6, 6.07) is 10.8. The number of hydrogen-bond donors (Lipinski definition) is 1. The highest BCUT2D eigenvalue weighted by atomic mass is 35.5. The van der Waals surface area contributed by atoms with Crippen LogP contribution in [0.2, 0.25) is 5.02 Å². The van der Waals surface area contributed by atoms with Gasteiger partial charge < -0.3 is 15.0 Å². The third-order valence-electron chi connectivity index (χ3n) is 4.53. The summed E-state index contributed by atoms with van der Waals surface area (Å²) >= 11 is 6.07. The number of benzene rings is 2. The molecule has 5 nitrogen and oxygen atoms in total. The van der Waals surface area contributed by atoms with Crippen molar-refractivity contribution in [1.82, 2.24) is 10.2 Å². The first-order chi connectivity index (χ1) is 13.4. The van der Waals surface area contributed by atoms with Crippen LogP contribution in [0.25, 0.3) is 0 Å². The minimum atomic E-state index is -0.676. The van der Waals surface area contributed by atoms with Gasteiger partial charge in [0.1, 0.15) is 17.6 Å². The molecule has 0 fully saturated rings. The number of carbonyl (C=O) groups excluding carboxylic acids is 2. The molecule has 0 aliphatic heterocycles. The van der Waals surface area contributed by atoms with Gasteiger partial charge in [0.15, 0.2) is 0 Å². The van der Waals surface area contributed by atoms with Crippen molar-refractivity contribution in [3.8, 4) is 5.75 Å². The lowest BCUT2D eigenvalue weighted by atomic mass is 10.1. The predicted octanol–water partition coefficient (Wildman–Crippen LogP) is 3.58. The first kappa shape index (κ1) is 21.7. The lowest BCUT2D eigenvalue weighted by Crippen LogP contribution is -2.48. The number of nitrogens with one attached hydrogen (secondary N) is 1. The van der Waals surface area contributed by atoms with Gasteiger partial charge in [0.25, 0.3) is 0 Å². The molecule has 150 valence electrons. The van der Waals surface area contributed by atoms with Gasteiger partial charge >= 0.3 is 0 Å². The van der Waals surface area contributed by atoms with Gasteiger partial charge in [0.2, 0.25) is 11.8 Å². The summed E-state index contributed by atoms with van der Waals surface area (Å²) in [6.45, 7) is 2.03. The Morgan fingerprint density at radius 2 is 1.89 bits per heavy atom. The van der Waals surface area contributed by atoms with E-state index >= 15 is 0 Å². The third kappa shape index (κ3) is 5.23. The Hall–Kier alpha value is -2.60. The van der Waals surface area contributed by atoms with Crippen LogP contribution in [0.15, 0.2) is 42.5 Å². The molecule has 28 heavy (non-hydrogen) atoms. The molecule has 2 rings (SSSR count). The van der Waals surface area contributed by atoms with Gasteiger partial charge in [-0.15, -0.1) is 0 Å². The molecule has 1 unspecified atom stereocenters. The summed E-state index contributed by atoms with van der Waals surface area (Å²) < 4.78 is 19.3. The lowest BCUT2D eigenvalue weighted by molar-refractivity contribution is -0.140. The van der Waals surface area contributed by atoms with Crippen molar-refractivity contribution < 1.29 is 18.7 Å². The van der Waals surface area contributed by atoms with E-state index in [1.54, 1.807) is 19.2 Å². The van der Waals surface area contributed by atoms with E-state index in [2.05, 4.69) is 5.32 Å². The number of ether oxygens (including phenoxy) is 1. The second kappa shape index (κ2) is 10.1. The average Bonchev–Trinajstić information content (AvgIpc) is 2.70. The van der Waals surface area contributed by atoms with E-state index in [-0.39, 0.29) is 35.4 Å². The largest absolute Gasteiger partial charge is 0.497 e. The molecule has 2 aromatic carbocycles. The molecule has 0 aliphatic carbocycles. The summed E-state index contributed by atoms with van der Waals surface area (Å²) in [5.41, 5.74) is 0.955. The number of carbonyl (C=O) groups is 2. The molecule has 0 radical (unpaired) electrons. The summed E-state index contributed by atoms with van der Waals surface area (Å²) in [7, 11) is 3.09. The maximum absolute atomic E-state index is 14.1. The van der Waals surface area contributed by atoms with Crippen LogP contribution in [-0.2, 0) is 22.6 Å². The molecule has 2 amide bonds. The molecule has 7 heteroatoms. The molecular weight excluding hydrogens is 383 g/mol. The van der Waals surface area contributed by atoms with Crippen LogP contribution in [0.1, 0.15) is 24.5 Å². The minimum absolute atomic E-state index is 0.126. The number of nitrogens with zero attached hydrogens (tertiary/aromatic N) is 1. The van der Waals surface area contributed by atoms with Gasteiger partial charge in [-0.2, -0.15) is 0 Å². The van der Waals surface area contributed by atoms with E-state index in [0.717, 1.165) is 5.56 Å². The zero-order valence-electron chi connectivity index (χ0n) is 16.2. The standard InChI is InChI=1S/C21H24ClFN2O3/c1-4-19(21(27)24-2)25(13-14-8-10-15(28-3)11-9-14)20(26)12-16-17(22)6-5-7-18(16)23/h5-11,19H,4,12-13H2,1-3H3,(H,24,27). The van der Waals surface area contributed by atoms with Gasteiger partial charge in [-0.3, -0.25) is 9.59 Å². The van der Waals surface area contributed by atoms with Crippen molar-refractivity contribution in [3.05, 3.63) is 64.4 Å².